The molecular weight excluding hydrogens is 154 g/mol. The van der Waals surface area contributed by atoms with E-state index in [9.17, 15) is 0 Å². The smallest absolute Gasteiger partial charge is 0.108 e. The van der Waals surface area contributed by atoms with E-state index in [2.05, 4.69) is 5.73 Å². The summed E-state index contributed by atoms with van der Waals surface area (Å²) in [5.41, 5.74) is 6.16. The van der Waals surface area contributed by atoms with Crippen molar-refractivity contribution in [2.24, 2.45) is 5.92 Å². The second kappa shape index (κ2) is 3.74. The maximum Gasteiger partial charge on any atom is 0.108 e. The molecule has 0 saturated heterocycles. The molecule has 0 bridgehead atoms. The van der Waals surface area contributed by atoms with E-state index in [-0.39, 0.29) is 12.5 Å². The lowest BCUT2D eigenvalue weighted by Gasteiger charge is -2.20. The van der Waals surface area contributed by atoms with Gasteiger partial charge in [-0.05, 0) is 13.0 Å². The predicted molar refractivity (Wildman–Crippen MR) is 45.9 cm³/mol. The first-order valence-corrected chi connectivity index (χ1v) is 4.07. The molecule has 0 aromatic rings. The van der Waals surface area contributed by atoms with Crippen molar-refractivity contribution in [2.75, 3.05) is 13.7 Å². The fourth-order valence-electron chi connectivity index (χ4n) is 1.37. The van der Waals surface area contributed by atoms with E-state index in [1.807, 2.05) is 13.0 Å². The third-order valence-electron chi connectivity index (χ3n) is 2.27. The zero-order valence-corrected chi connectivity index (χ0v) is 7.63. The summed E-state index contributed by atoms with van der Waals surface area (Å²) in [6, 6.07) is 0. The van der Waals surface area contributed by atoms with Gasteiger partial charge in [-0.2, -0.15) is 0 Å². The van der Waals surface area contributed by atoms with Gasteiger partial charge in [0.05, 0.1) is 13.7 Å². The Balaban J connectivity index is 2.85. The molecule has 0 aromatic heterocycles. The average Bonchev–Trinajstić information content (AvgIpc) is 2.09. The molecule has 0 aliphatic heterocycles. The Bertz CT molecular complexity index is 231. The molecule has 68 valence electrons. The molecule has 1 rings (SSSR count). The first-order chi connectivity index (χ1) is 5.69. The molecule has 1 atom stereocenters. The highest BCUT2D eigenvalue weighted by molar-refractivity contribution is 5.27. The first-order valence-electron chi connectivity index (χ1n) is 4.07. The van der Waals surface area contributed by atoms with Gasteiger partial charge < -0.3 is 15.6 Å². The van der Waals surface area contributed by atoms with E-state index >= 15 is 0 Å². The van der Waals surface area contributed by atoms with Gasteiger partial charge in [0.2, 0.25) is 0 Å². The Hall–Kier alpha value is -0.800. The Kier molecular flexibility index (Phi) is 2.89. The second-order valence-electron chi connectivity index (χ2n) is 3.12. The third kappa shape index (κ3) is 1.68. The summed E-state index contributed by atoms with van der Waals surface area (Å²) in [4.78, 5) is 0. The van der Waals surface area contributed by atoms with E-state index in [0.717, 1.165) is 23.5 Å². The van der Waals surface area contributed by atoms with Gasteiger partial charge in [-0.1, -0.05) is 0 Å². The summed E-state index contributed by atoms with van der Waals surface area (Å²) in [5, 5.41) is 9.03. The van der Waals surface area contributed by atoms with Gasteiger partial charge >= 0.3 is 0 Å². The summed E-state index contributed by atoms with van der Waals surface area (Å²) >= 11 is 0. The number of hydrogen-bond acceptors (Lipinski definition) is 2. The maximum absolute atomic E-state index is 9.03. The van der Waals surface area contributed by atoms with Crippen LogP contribution in [-0.4, -0.2) is 18.8 Å². The molecular formula is C9H16NO2+. The van der Waals surface area contributed by atoms with Crippen molar-refractivity contribution in [3.05, 3.63) is 23.1 Å². The van der Waals surface area contributed by atoms with Gasteiger partial charge in [-0.15, -0.1) is 0 Å². The van der Waals surface area contributed by atoms with Crippen molar-refractivity contribution in [1.29, 1.82) is 0 Å². The van der Waals surface area contributed by atoms with Crippen LogP contribution in [0.3, 0.4) is 0 Å². The highest BCUT2D eigenvalue weighted by Crippen LogP contribution is 2.25. The highest BCUT2D eigenvalue weighted by atomic mass is 16.5. The first kappa shape index (κ1) is 9.29. The summed E-state index contributed by atoms with van der Waals surface area (Å²) in [5.74, 6) is 0.966. The molecule has 0 radical (unpaired) electrons. The quantitative estimate of drug-likeness (QED) is 0.615. The zero-order chi connectivity index (χ0) is 9.14. The van der Waals surface area contributed by atoms with E-state index in [0.29, 0.717) is 0 Å². The Morgan fingerprint density at radius 1 is 1.75 bits per heavy atom. The molecule has 0 amide bonds. The number of quaternary nitrogens is 1. The lowest BCUT2D eigenvalue weighted by molar-refractivity contribution is -0.310. The summed E-state index contributed by atoms with van der Waals surface area (Å²) < 4.78 is 5.15. The molecule has 3 nitrogen and oxygen atoms in total. The molecule has 0 aromatic carbocycles. The Labute approximate surface area is 72.5 Å². The van der Waals surface area contributed by atoms with Crippen LogP contribution in [0.25, 0.3) is 0 Å². The van der Waals surface area contributed by atoms with Crippen molar-refractivity contribution >= 4 is 0 Å². The normalized spacial score (nSPS) is 24.0. The van der Waals surface area contributed by atoms with Gasteiger partial charge in [0.15, 0.2) is 0 Å². The van der Waals surface area contributed by atoms with Crippen molar-refractivity contribution in [3.8, 4) is 0 Å². The lowest BCUT2D eigenvalue weighted by Crippen LogP contribution is -2.50. The van der Waals surface area contributed by atoms with Crippen LogP contribution in [0.1, 0.15) is 13.3 Å². The minimum Gasteiger partial charge on any atom is -0.501 e. The van der Waals surface area contributed by atoms with Crippen molar-refractivity contribution in [2.45, 2.75) is 13.3 Å². The number of methoxy groups -OCH3 is 1. The van der Waals surface area contributed by atoms with Gasteiger partial charge in [-0.3, -0.25) is 0 Å². The number of rotatable bonds is 2. The number of hydrogen-bond donors (Lipinski definition) is 2. The second-order valence-corrected chi connectivity index (χ2v) is 3.12. The predicted octanol–water partition coefficient (Wildman–Crippen LogP) is 0.0448. The molecule has 4 N–H and O–H groups in total. The van der Waals surface area contributed by atoms with Crippen molar-refractivity contribution in [1.82, 2.24) is 0 Å². The molecule has 1 aliphatic carbocycles. The van der Waals surface area contributed by atoms with Gasteiger partial charge in [-0.25, -0.2) is 0 Å². The highest BCUT2D eigenvalue weighted by Gasteiger charge is 2.22. The third-order valence-corrected chi connectivity index (χ3v) is 2.27. The molecule has 0 spiro atoms. The molecule has 1 unspecified atom stereocenters. The fourth-order valence-corrected chi connectivity index (χ4v) is 1.37. The van der Waals surface area contributed by atoms with Crippen LogP contribution >= 0.6 is 0 Å². The van der Waals surface area contributed by atoms with E-state index < -0.39 is 0 Å². The summed E-state index contributed by atoms with van der Waals surface area (Å²) in [7, 11) is 1.63. The minimum absolute atomic E-state index is 0.103. The number of ether oxygens (including phenoxy) is 1. The topological polar surface area (TPSA) is 57.1 Å². The molecule has 0 heterocycles. The molecule has 0 saturated carbocycles. The fraction of sp³-hybridized carbons (Fsp3) is 0.556. The number of aliphatic hydroxyl groups excluding tert-OH is 1. The summed E-state index contributed by atoms with van der Waals surface area (Å²) in [6.07, 6.45) is 2.76. The van der Waals surface area contributed by atoms with Crippen LogP contribution in [-0.2, 0) is 4.74 Å². The lowest BCUT2D eigenvalue weighted by atomic mass is 9.93. The zero-order valence-electron chi connectivity index (χ0n) is 7.63. The Morgan fingerprint density at radius 2 is 2.42 bits per heavy atom. The maximum atomic E-state index is 9.03. The van der Waals surface area contributed by atoms with Gasteiger partial charge in [0.25, 0.3) is 0 Å². The number of allylic oxidation sites excluding steroid dienone is 3. The SMILES string of the molecule is COC1=CC(C)=C([NH3+])CC1CO. The van der Waals surface area contributed by atoms with Gasteiger partial charge in [0, 0.05) is 17.9 Å². The van der Waals surface area contributed by atoms with Crippen LogP contribution < -0.4 is 5.73 Å². The van der Waals surface area contributed by atoms with Crippen molar-refractivity contribution < 1.29 is 15.6 Å². The van der Waals surface area contributed by atoms with Crippen LogP contribution in [0.15, 0.2) is 23.1 Å². The molecule has 3 heteroatoms. The van der Waals surface area contributed by atoms with Gasteiger partial charge in [0.1, 0.15) is 11.5 Å². The van der Waals surface area contributed by atoms with Crippen LogP contribution in [0.5, 0.6) is 0 Å². The van der Waals surface area contributed by atoms with Crippen molar-refractivity contribution in [3.63, 3.8) is 0 Å². The van der Waals surface area contributed by atoms with E-state index in [4.69, 9.17) is 9.84 Å². The molecule has 1 aliphatic rings. The standard InChI is InChI=1S/C9H15NO2/c1-6-3-9(12-2)7(5-11)4-8(6)10/h3,7,11H,4-5,10H2,1-2H3/p+1. The Morgan fingerprint density at radius 3 is 2.92 bits per heavy atom. The molecule has 12 heavy (non-hydrogen) atoms. The van der Waals surface area contributed by atoms with E-state index in [1.54, 1.807) is 7.11 Å². The largest absolute Gasteiger partial charge is 0.501 e. The average molecular weight is 170 g/mol. The monoisotopic (exact) mass is 170 g/mol. The van der Waals surface area contributed by atoms with Crippen LogP contribution in [0, 0.1) is 5.92 Å². The minimum atomic E-state index is 0.103. The van der Waals surface area contributed by atoms with E-state index in [1.165, 1.54) is 0 Å². The van der Waals surface area contributed by atoms with Crippen LogP contribution in [0.2, 0.25) is 0 Å². The summed E-state index contributed by atoms with van der Waals surface area (Å²) in [6.45, 7) is 2.14. The number of aliphatic hydroxyl groups is 1. The van der Waals surface area contributed by atoms with Crippen LogP contribution in [0.4, 0.5) is 0 Å². The molecule has 0 fully saturated rings.